The van der Waals surface area contributed by atoms with Crippen molar-refractivity contribution in [3.63, 3.8) is 0 Å². The van der Waals surface area contributed by atoms with E-state index in [1.165, 1.54) is 31.2 Å². The zero-order chi connectivity index (χ0) is 23.2. The van der Waals surface area contributed by atoms with Crippen molar-refractivity contribution in [1.82, 2.24) is 0 Å². The lowest BCUT2D eigenvalue weighted by atomic mass is 9.93. The SMILES string of the molecule is Cc1c(O)cc(C(=O)OC2Cc3c(O)cc(O)cc3OC2c2ccc(O)c(O)c2)cc1O. The lowest BCUT2D eigenvalue weighted by Gasteiger charge is -2.34. The Kier molecular flexibility index (Phi) is 5.09. The van der Waals surface area contributed by atoms with E-state index in [2.05, 4.69) is 0 Å². The fraction of sp³-hybridized carbons (Fsp3) is 0.174. The fourth-order valence-corrected chi connectivity index (χ4v) is 3.56. The summed E-state index contributed by atoms with van der Waals surface area (Å²) in [5.41, 5.74) is 0.771. The monoisotopic (exact) mass is 440 g/mol. The van der Waals surface area contributed by atoms with Crippen LogP contribution in [0.25, 0.3) is 0 Å². The van der Waals surface area contributed by atoms with E-state index < -0.39 is 23.9 Å². The number of phenolic OH excluding ortho intramolecular Hbond substituents is 6. The maximum atomic E-state index is 12.8. The minimum absolute atomic E-state index is 0.00329. The molecule has 1 aliphatic heterocycles. The Morgan fingerprint density at radius 2 is 1.56 bits per heavy atom. The molecule has 4 rings (SSSR count). The van der Waals surface area contributed by atoms with Gasteiger partial charge in [-0.1, -0.05) is 6.07 Å². The minimum Gasteiger partial charge on any atom is -0.508 e. The second-order valence-electron chi connectivity index (χ2n) is 7.52. The molecule has 0 aromatic heterocycles. The predicted molar refractivity (Wildman–Crippen MR) is 110 cm³/mol. The molecule has 32 heavy (non-hydrogen) atoms. The van der Waals surface area contributed by atoms with E-state index in [-0.39, 0.29) is 52.0 Å². The average molecular weight is 440 g/mol. The molecular formula is C23H20O9. The van der Waals surface area contributed by atoms with Gasteiger partial charge >= 0.3 is 5.97 Å². The van der Waals surface area contributed by atoms with Gasteiger partial charge in [0, 0.05) is 35.2 Å². The van der Waals surface area contributed by atoms with Crippen molar-refractivity contribution in [2.24, 2.45) is 0 Å². The fourth-order valence-electron chi connectivity index (χ4n) is 3.56. The summed E-state index contributed by atoms with van der Waals surface area (Å²) in [6.07, 6.45) is -1.96. The standard InChI is InChI=1S/C23H20O9/c1-10-16(26)5-12(6-17(10)27)23(30)32-21-9-14-18(28)7-13(24)8-20(14)31-22(21)11-2-3-15(25)19(29)4-11/h2-8,21-22,24-29H,9H2,1H3. The van der Waals surface area contributed by atoms with Crippen molar-refractivity contribution in [3.8, 4) is 40.2 Å². The topological polar surface area (TPSA) is 157 Å². The first-order valence-corrected chi connectivity index (χ1v) is 9.61. The maximum Gasteiger partial charge on any atom is 0.338 e. The highest BCUT2D eigenvalue weighted by molar-refractivity contribution is 5.91. The van der Waals surface area contributed by atoms with Gasteiger partial charge in [0.1, 0.15) is 34.9 Å². The van der Waals surface area contributed by atoms with E-state index in [4.69, 9.17) is 9.47 Å². The van der Waals surface area contributed by atoms with Gasteiger partial charge < -0.3 is 40.1 Å². The van der Waals surface area contributed by atoms with Crippen LogP contribution in [-0.4, -0.2) is 42.7 Å². The van der Waals surface area contributed by atoms with E-state index in [1.54, 1.807) is 0 Å². The van der Waals surface area contributed by atoms with E-state index in [0.29, 0.717) is 11.1 Å². The Hall–Kier alpha value is -4.27. The second-order valence-corrected chi connectivity index (χ2v) is 7.52. The molecule has 6 N–H and O–H groups in total. The Bertz CT molecular complexity index is 1200. The minimum atomic E-state index is -1.00. The molecule has 0 saturated heterocycles. The molecule has 0 spiro atoms. The van der Waals surface area contributed by atoms with Crippen molar-refractivity contribution in [1.29, 1.82) is 0 Å². The zero-order valence-electron chi connectivity index (χ0n) is 16.8. The van der Waals surface area contributed by atoms with E-state index >= 15 is 0 Å². The summed E-state index contributed by atoms with van der Waals surface area (Å²) in [5.74, 6) is -2.50. The van der Waals surface area contributed by atoms with Crippen LogP contribution in [0.2, 0.25) is 0 Å². The summed E-state index contributed by atoms with van der Waals surface area (Å²) in [4.78, 5) is 12.8. The number of rotatable bonds is 3. The van der Waals surface area contributed by atoms with Crippen molar-refractivity contribution in [3.05, 3.63) is 64.7 Å². The molecule has 2 unspecified atom stereocenters. The lowest BCUT2D eigenvalue weighted by Crippen LogP contribution is -2.34. The third kappa shape index (κ3) is 3.76. The first kappa shape index (κ1) is 21.0. The number of fused-ring (bicyclic) bond motifs is 1. The first-order chi connectivity index (χ1) is 15.1. The number of hydrogen-bond donors (Lipinski definition) is 6. The van der Waals surface area contributed by atoms with Gasteiger partial charge in [-0.2, -0.15) is 0 Å². The molecule has 9 nitrogen and oxygen atoms in total. The highest BCUT2D eigenvalue weighted by Gasteiger charge is 2.37. The smallest absolute Gasteiger partial charge is 0.338 e. The largest absolute Gasteiger partial charge is 0.508 e. The van der Waals surface area contributed by atoms with Crippen molar-refractivity contribution >= 4 is 5.97 Å². The highest BCUT2D eigenvalue weighted by atomic mass is 16.6. The number of carbonyl (C=O) groups is 1. The van der Waals surface area contributed by atoms with Gasteiger partial charge in [-0.05, 0) is 31.2 Å². The van der Waals surface area contributed by atoms with Gasteiger partial charge in [0.25, 0.3) is 0 Å². The normalized spacial score (nSPS) is 17.3. The molecule has 3 aromatic rings. The van der Waals surface area contributed by atoms with Gasteiger partial charge in [0.2, 0.25) is 0 Å². The third-order valence-electron chi connectivity index (χ3n) is 5.34. The lowest BCUT2D eigenvalue weighted by molar-refractivity contribution is -0.0189. The average Bonchev–Trinajstić information content (AvgIpc) is 2.73. The van der Waals surface area contributed by atoms with E-state index in [9.17, 15) is 35.4 Å². The molecule has 1 aliphatic rings. The van der Waals surface area contributed by atoms with Gasteiger partial charge in [0.05, 0.1) is 5.56 Å². The molecule has 0 radical (unpaired) electrons. The Morgan fingerprint density at radius 1 is 0.875 bits per heavy atom. The van der Waals surface area contributed by atoms with Crippen molar-refractivity contribution in [2.45, 2.75) is 25.6 Å². The van der Waals surface area contributed by atoms with Gasteiger partial charge in [-0.3, -0.25) is 0 Å². The van der Waals surface area contributed by atoms with Crippen LogP contribution in [0.4, 0.5) is 0 Å². The zero-order valence-corrected chi connectivity index (χ0v) is 16.8. The summed E-state index contributed by atoms with van der Waals surface area (Å²) in [6.45, 7) is 1.48. The first-order valence-electron chi connectivity index (χ1n) is 9.61. The molecule has 9 heteroatoms. The van der Waals surface area contributed by atoms with Gasteiger partial charge in [-0.15, -0.1) is 0 Å². The van der Waals surface area contributed by atoms with Gasteiger partial charge in [0.15, 0.2) is 17.6 Å². The van der Waals surface area contributed by atoms with Crippen molar-refractivity contribution < 1.29 is 44.9 Å². The third-order valence-corrected chi connectivity index (χ3v) is 5.34. The summed E-state index contributed by atoms with van der Waals surface area (Å²) in [7, 11) is 0. The van der Waals surface area contributed by atoms with E-state index in [1.807, 2.05) is 0 Å². The second kappa shape index (κ2) is 7.77. The summed E-state index contributed by atoms with van der Waals surface area (Å²) >= 11 is 0. The molecule has 0 saturated carbocycles. The number of hydrogen-bond acceptors (Lipinski definition) is 9. The van der Waals surface area contributed by atoms with Gasteiger partial charge in [-0.25, -0.2) is 4.79 Å². The van der Waals surface area contributed by atoms with Crippen molar-refractivity contribution in [2.75, 3.05) is 0 Å². The van der Waals surface area contributed by atoms with Crippen LogP contribution in [0, 0.1) is 6.92 Å². The molecule has 0 amide bonds. The quantitative estimate of drug-likeness (QED) is 0.266. The summed E-state index contributed by atoms with van der Waals surface area (Å²) in [6, 6.07) is 8.71. The Morgan fingerprint density at radius 3 is 2.22 bits per heavy atom. The molecule has 0 fully saturated rings. The van der Waals surface area contributed by atoms with Crippen LogP contribution in [0.5, 0.6) is 40.2 Å². The van der Waals surface area contributed by atoms with Crippen LogP contribution in [0.15, 0.2) is 42.5 Å². The highest BCUT2D eigenvalue weighted by Crippen LogP contribution is 2.44. The number of esters is 1. The summed E-state index contributed by atoms with van der Waals surface area (Å²) < 4.78 is 11.5. The molecule has 166 valence electrons. The number of carbonyl (C=O) groups excluding carboxylic acids is 1. The number of phenols is 6. The van der Waals surface area contributed by atoms with E-state index in [0.717, 1.165) is 18.2 Å². The molecule has 2 atom stereocenters. The Balaban J connectivity index is 1.72. The molecule has 1 heterocycles. The van der Waals surface area contributed by atoms with Crippen LogP contribution >= 0.6 is 0 Å². The molecular weight excluding hydrogens is 420 g/mol. The predicted octanol–water partition coefficient (Wildman–Crippen LogP) is 3.13. The summed E-state index contributed by atoms with van der Waals surface area (Å²) in [5, 5.41) is 59.4. The number of ether oxygens (including phenoxy) is 2. The molecule has 3 aromatic carbocycles. The molecule has 0 bridgehead atoms. The van der Waals surface area contributed by atoms with Crippen LogP contribution in [-0.2, 0) is 11.2 Å². The van der Waals surface area contributed by atoms with Crippen LogP contribution in [0.1, 0.15) is 33.2 Å². The van der Waals surface area contributed by atoms with Crippen LogP contribution in [0.3, 0.4) is 0 Å². The Labute approximate surface area is 182 Å². The van der Waals surface area contributed by atoms with Crippen LogP contribution < -0.4 is 4.74 Å². The number of aromatic hydroxyl groups is 6. The molecule has 0 aliphatic carbocycles. The maximum absolute atomic E-state index is 12.8. The number of benzene rings is 3.